The molecule has 0 radical (unpaired) electrons. The molecule has 2 heterocycles. The highest BCUT2D eigenvalue weighted by Gasteiger charge is 2.24. The Morgan fingerprint density at radius 2 is 0.710 bits per heavy atom. The molecule has 4 nitrogen and oxygen atoms in total. The molecule has 0 fully saturated rings. The maximum Gasteiger partial charge on any atom is 0.137 e. The maximum atomic E-state index is 6.51. The molecule has 0 unspecified atom stereocenters. The van der Waals surface area contributed by atoms with Crippen molar-refractivity contribution in [3.63, 3.8) is 0 Å². The van der Waals surface area contributed by atoms with Crippen LogP contribution in [0.3, 0.4) is 0 Å². The van der Waals surface area contributed by atoms with Crippen molar-refractivity contribution in [3.05, 3.63) is 231 Å². The van der Waals surface area contributed by atoms with E-state index in [4.69, 9.17) is 8.83 Å². The summed E-state index contributed by atoms with van der Waals surface area (Å²) < 4.78 is 13.0. The van der Waals surface area contributed by atoms with Gasteiger partial charge in [0.05, 0.1) is 5.69 Å². The second-order valence-electron chi connectivity index (χ2n) is 15.7. The van der Waals surface area contributed by atoms with Crippen LogP contribution in [0.15, 0.2) is 239 Å². The molecule has 2 aromatic heterocycles. The second-order valence-corrected chi connectivity index (χ2v) is 15.7. The van der Waals surface area contributed by atoms with Gasteiger partial charge < -0.3 is 18.6 Å². The fraction of sp³-hybridized carbons (Fsp3) is 0. The van der Waals surface area contributed by atoms with Gasteiger partial charge in [-0.25, -0.2) is 0 Å². The van der Waals surface area contributed by atoms with Gasteiger partial charge in [0.25, 0.3) is 0 Å². The van der Waals surface area contributed by atoms with Gasteiger partial charge in [-0.3, -0.25) is 0 Å². The molecule has 0 aliphatic carbocycles. The third kappa shape index (κ3) is 6.00. The van der Waals surface area contributed by atoms with Crippen molar-refractivity contribution in [1.82, 2.24) is 0 Å². The molecule has 0 N–H and O–H groups in total. The van der Waals surface area contributed by atoms with E-state index in [0.717, 1.165) is 111 Å². The van der Waals surface area contributed by atoms with Gasteiger partial charge in [-0.1, -0.05) is 140 Å². The first-order chi connectivity index (χ1) is 30.7. The second kappa shape index (κ2) is 14.7. The fourth-order valence-corrected chi connectivity index (χ4v) is 9.22. The number of fused-ring (bicyclic) bond motifs is 7. The number of rotatable bonds is 8. The van der Waals surface area contributed by atoms with E-state index in [1.165, 1.54) is 0 Å². The highest BCUT2D eigenvalue weighted by molar-refractivity contribution is 6.15. The van der Waals surface area contributed by atoms with Crippen LogP contribution in [0.25, 0.3) is 76.9 Å². The number of nitrogens with zero attached hydrogens (tertiary/aromatic N) is 2. The Labute approximate surface area is 358 Å². The lowest BCUT2D eigenvalue weighted by atomic mass is 9.89. The number of para-hydroxylation sites is 4. The van der Waals surface area contributed by atoms with E-state index in [2.05, 4.69) is 216 Å². The molecule has 62 heavy (non-hydrogen) atoms. The van der Waals surface area contributed by atoms with Gasteiger partial charge in [-0.05, 0) is 107 Å². The minimum Gasteiger partial charge on any atom is -0.456 e. The van der Waals surface area contributed by atoms with Crippen LogP contribution in [0.5, 0.6) is 0 Å². The molecule has 4 heteroatoms. The zero-order valence-electron chi connectivity index (χ0n) is 33.7. The Hall–Kier alpha value is -8.34. The Morgan fingerprint density at radius 1 is 0.258 bits per heavy atom. The Kier molecular flexibility index (Phi) is 8.46. The zero-order chi connectivity index (χ0) is 41.0. The normalized spacial score (nSPS) is 11.5. The number of anilines is 6. The van der Waals surface area contributed by atoms with E-state index in [9.17, 15) is 0 Å². The topological polar surface area (TPSA) is 32.8 Å². The van der Waals surface area contributed by atoms with Crippen LogP contribution in [0, 0.1) is 0 Å². The van der Waals surface area contributed by atoms with E-state index in [0.29, 0.717) is 0 Å². The molecule has 0 spiro atoms. The lowest BCUT2D eigenvalue weighted by Gasteiger charge is -2.30. The van der Waals surface area contributed by atoms with E-state index in [1.54, 1.807) is 0 Å². The lowest BCUT2D eigenvalue weighted by molar-refractivity contribution is 0.668. The molecular weight excluding hydrogens is 757 g/mol. The smallest absolute Gasteiger partial charge is 0.137 e. The van der Waals surface area contributed by atoms with Crippen LogP contribution in [0.2, 0.25) is 0 Å². The monoisotopic (exact) mass is 794 g/mol. The molecule has 0 bridgehead atoms. The average molecular weight is 795 g/mol. The van der Waals surface area contributed by atoms with Crippen LogP contribution >= 0.6 is 0 Å². The van der Waals surface area contributed by atoms with Gasteiger partial charge >= 0.3 is 0 Å². The van der Waals surface area contributed by atoms with Crippen LogP contribution in [0.4, 0.5) is 34.1 Å². The number of hydrogen-bond acceptors (Lipinski definition) is 4. The molecule has 0 amide bonds. The van der Waals surface area contributed by atoms with Crippen LogP contribution < -0.4 is 9.80 Å². The Morgan fingerprint density at radius 3 is 1.27 bits per heavy atom. The minimum atomic E-state index is 0.844. The van der Waals surface area contributed by atoms with Crippen LogP contribution in [-0.4, -0.2) is 0 Å². The quantitative estimate of drug-likeness (QED) is 0.153. The summed E-state index contributed by atoms with van der Waals surface area (Å²) in [5, 5.41) is 6.66. The summed E-state index contributed by atoms with van der Waals surface area (Å²) in [6.07, 6.45) is 0. The number of hydrogen-bond donors (Lipinski definition) is 0. The molecule has 292 valence electrons. The molecule has 0 aliphatic rings. The summed E-state index contributed by atoms with van der Waals surface area (Å²) in [5.41, 5.74) is 14.1. The molecule has 0 saturated carbocycles. The van der Waals surface area contributed by atoms with Crippen molar-refractivity contribution in [3.8, 4) is 22.3 Å². The first kappa shape index (κ1) is 35.6. The SMILES string of the molecule is c1ccc(-c2ccc(N(c3ccccc3)c3ccc4c(c3)oc3ccccc34)c3cc(N(c4ccccc4)c4ccc5c(c4)oc4ccccc45)cc(-c4ccccc4)c23)cc1. The summed E-state index contributed by atoms with van der Waals surface area (Å²) in [5.74, 6) is 0. The van der Waals surface area contributed by atoms with Gasteiger partial charge in [-0.15, -0.1) is 0 Å². The first-order valence-corrected chi connectivity index (χ1v) is 21.0. The van der Waals surface area contributed by atoms with Crippen molar-refractivity contribution in [1.29, 1.82) is 0 Å². The molecule has 12 aromatic rings. The van der Waals surface area contributed by atoms with Crippen molar-refractivity contribution < 1.29 is 8.83 Å². The van der Waals surface area contributed by atoms with Gasteiger partial charge in [0.1, 0.15) is 22.3 Å². The van der Waals surface area contributed by atoms with Crippen molar-refractivity contribution in [2.45, 2.75) is 0 Å². The summed E-state index contributed by atoms with van der Waals surface area (Å²) in [4.78, 5) is 4.72. The molecule has 0 saturated heterocycles. The minimum absolute atomic E-state index is 0.844. The zero-order valence-corrected chi connectivity index (χ0v) is 33.7. The predicted molar refractivity (Wildman–Crippen MR) is 259 cm³/mol. The summed E-state index contributed by atoms with van der Waals surface area (Å²) >= 11 is 0. The first-order valence-electron chi connectivity index (χ1n) is 21.0. The molecule has 0 atom stereocenters. The molecule has 0 aliphatic heterocycles. The number of benzene rings is 10. The van der Waals surface area contributed by atoms with Crippen LogP contribution in [0.1, 0.15) is 0 Å². The molecular formula is C58H38N2O2. The lowest BCUT2D eigenvalue weighted by Crippen LogP contribution is -2.12. The Bertz CT molecular complexity index is 3580. The van der Waals surface area contributed by atoms with Gasteiger partial charge in [0.2, 0.25) is 0 Å². The van der Waals surface area contributed by atoms with Gasteiger partial charge in [0.15, 0.2) is 0 Å². The van der Waals surface area contributed by atoms with E-state index in [-0.39, 0.29) is 0 Å². The third-order valence-corrected chi connectivity index (χ3v) is 12.0. The summed E-state index contributed by atoms with van der Waals surface area (Å²) in [6.45, 7) is 0. The van der Waals surface area contributed by atoms with Gasteiger partial charge in [0, 0.05) is 67.5 Å². The Balaban J connectivity index is 1.18. The number of furan rings is 2. The molecule has 12 rings (SSSR count). The molecule has 10 aromatic carbocycles. The average Bonchev–Trinajstić information content (AvgIpc) is 3.90. The van der Waals surface area contributed by atoms with Crippen molar-refractivity contribution in [2.75, 3.05) is 9.80 Å². The van der Waals surface area contributed by atoms with E-state index >= 15 is 0 Å². The fourth-order valence-electron chi connectivity index (χ4n) is 9.22. The standard InChI is InChI=1S/C58H38N2O2/c1-5-17-39(18-6-1)46-33-34-53(60(42-23-11-4-12-24-42)44-30-32-50-48-26-14-16-28-55(48)62-57(50)38-44)52-36-45(35-51(58(46)52)40-19-7-2-8-20-40)59(41-21-9-3-10-22-41)43-29-31-49-47-25-13-15-27-54(47)61-56(49)37-43/h1-38H. The predicted octanol–water partition coefficient (Wildman–Crippen LogP) is 16.9. The van der Waals surface area contributed by atoms with E-state index < -0.39 is 0 Å². The van der Waals surface area contributed by atoms with Crippen LogP contribution in [-0.2, 0) is 0 Å². The highest BCUT2D eigenvalue weighted by atomic mass is 16.3. The maximum absolute atomic E-state index is 6.51. The largest absolute Gasteiger partial charge is 0.456 e. The van der Waals surface area contributed by atoms with Crippen molar-refractivity contribution in [2.24, 2.45) is 0 Å². The summed E-state index contributed by atoms with van der Waals surface area (Å²) in [6, 6.07) is 81.8. The van der Waals surface area contributed by atoms with Gasteiger partial charge in [-0.2, -0.15) is 0 Å². The van der Waals surface area contributed by atoms with Crippen molar-refractivity contribution >= 4 is 88.8 Å². The summed E-state index contributed by atoms with van der Waals surface area (Å²) in [7, 11) is 0. The van der Waals surface area contributed by atoms with E-state index in [1.807, 2.05) is 24.3 Å². The highest BCUT2D eigenvalue weighted by Crippen LogP contribution is 2.49. The third-order valence-electron chi connectivity index (χ3n) is 12.0.